The van der Waals surface area contributed by atoms with Crippen molar-refractivity contribution in [3.63, 3.8) is 0 Å². The number of quaternary nitrogens is 12. The third-order valence-electron chi connectivity index (χ3n) is 21.0. The maximum absolute atomic E-state index is 8.81. The molecule has 0 radical (unpaired) electrons. The molecule has 12 aliphatic rings. The van der Waals surface area contributed by atoms with Crippen LogP contribution in [0.5, 0.6) is 0 Å². The Morgan fingerprint density at radius 2 is 0.918 bits per heavy atom. The van der Waals surface area contributed by atoms with E-state index in [0.29, 0.717) is 28.6 Å². The summed E-state index contributed by atoms with van der Waals surface area (Å²) in [4.78, 5) is 23.2. The van der Waals surface area contributed by atoms with E-state index < -0.39 is 0 Å². The summed E-state index contributed by atoms with van der Waals surface area (Å²) in [6, 6.07) is 4.97. The van der Waals surface area contributed by atoms with E-state index in [1.807, 2.05) is 58.8 Å². The van der Waals surface area contributed by atoms with Gasteiger partial charge >= 0.3 is 17.7 Å². The highest BCUT2D eigenvalue weighted by Gasteiger charge is 2.84. The molecule has 12 rings (SSSR count). The number of nitriles is 1. The zero-order valence-electron chi connectivity index (χ0n) is 40.0. The smallest absolute Gasteiger partial charge is 0.198 e. The fourth-order valence-corrected chi connectivity index (χ4v) is 19.2. The fraction of sp³-hybridized carbons (Fsp3) is 0.979. The maximum Gasteiger partial charge on any atom is 0.475 e. The average molecular weight is 860 g/mol. The zero-order valence-corrected chi connectivity index (χ0v) is 40.0. The van der Waals surface area contributed by atoms with Crippen molar-refractivity contribution in [2.24, 2.45) is 16.7 Å². The van der Waals surface area contributed by atoms with E-state index in [2.05, 4.69) is 54.5 Å². The lowest BCUT2D eigenvalue weighted by molar-refractivity contribution is -1.37. The summed E-state index contributed by atoms with van der Waals surface area (Å²) in [5.41, 5.74) is 1.04. The highest BCUT2D eigenvalue weighted by Crippen LogP contribution is 2.40. The Bertz CT molecular complexity index is 1560. The number of hydrogen-bond acceptors (Lipinski definition) is 1. The molecule has 13 heteroatoms. The van der Waals surface area contributed by atoms with Crippen LogP contribution in [0.1, 0.15) is 114 Å². The van der Waals surface area contributed by atoms with Gasteiger partial charge in [0.25, 0.3) is 0 Å². The van der Waals surface area contributed by atoms with Crippen molar-refractivity contribution >= 4 is 0 Å². The third kappa shape index (κ3) is 6.79. The van der Waals surface area contributed by atoms with Crippen LogP contribution < -0.4 is 58.8 Å². The van der Waals surface area contributed by atoms with E-state index in [-0.39, 0.29) is 7.43 Å². The SMILES string of the molecule is C.CCC1C[NH+]2CC[NH+]3CC[NH+]4CC[NH+]1C342.CCCC(C)(CC(C)CC(C)(C)CC)CC1C[NH+]2CC[NH+]3CC[NH+]4CC[NH+]1C342.N#CCCC1C[NH+]2CC[NH+]3CC[NH+]4CC[NH+]1C342. The molecule has 61 heavy (non-hydrogen) atoms. The van der Waals surface area contributed by atoms with Crippen molar-refractivity contribution in [1.82, 2.24) is 0 Å². The molecule has 12 saturated heterocycles. The number of nitrogens with one attached hydrogen (secondary N) is 12. The molecule has 12 aliphatic heterocycles. The maximum atomic E-state index is 8.81. The van der Waals surface area contributed by atoms with Crippen LogP contribution >= 0.6 is 0 Å². The van der Waals surface area contributed by atoms with E-state index in [0.717, 1.165) is 36.9 Å². The number of nitrogens with zero attached hydrogens (tertiary/aromatic N) is 1. The summed E-state index contributed by atoms with van der Waals surface area (Å²) < 4.78 is 0. The van der Waals surface area contributed by atoms with Gasteiger partial charge in [-0.05, 0) is 36.0 Å². The predicted octanol–water partition coefficient (Wildman–Crippen LogP) is -12.9. The first-order valence-electron chi connectivity index (χ1n) is 26.6. The van der Waals surface area contributed by atoms with E-state index in [4.69, 9.17) is 5.26 Å². The van der Waals surface area contributed by atoms with Gasteiger partial charge in [0.05, 0.1) is 6.07 Å². The van der Waals surface area contributed by atoms with Crippen molar-refractivity contribution in [3.8, 4) is 6.07 Å². The Labute approximate surface area is 372 Å². The summed E-state index contributed by atoms with van der Waals surface area (Å²) in [6.07, 6.45) is 11.6. The molecule has 13 nitrogen and oxygen atoms in total. The van der Waals surface area contributed by atoms with E-state index >= 15 is 0 Å². The summed E-state index contributed by atoms with van der Waals surface area (Å²) in [7, 11) is 0. The van der Waals surface area contributed by atoms with Crippen molar-refractivity contribution in [3.05, 3.63) is 0 Å². The van der Waals surface area contributed by atoms with Crippen LogP contribution in [0.3, 0.4) is 0 Å². The standard InChI is InChI=1S/C24H46N4.C12H19N5.C11H20N4.CH4/c1-7-9-23(6,17-20(3)16-22(4,5)8-2)18-21-19-27-13-12-25-10-11-26-14-15-28(21)24(25,26)27;13-3-1-2-11-10-16-7-6-14-4-5-15-8-9-17(11)12(14,15)16;1-2-10-9-14-6-5-12-3-4-13-7-8-15(10)11(12,13)14;/h20-21H,7-19H2,1-6H3;11H,1-2,4-10H2;10H,2-9H2,1H3;1H4/p+12. The van der Waals surface area contributed by atoms with Crippen molar-refractivity contribution < 1.29 is 58.8 Å². The Morgan fingerprint density at radius 3 is 1.33 bits per heavy atom. The van der Waals surface area contributed by atoms with Gasteiger partial charge in [-0.1, -0.05) is 68.7 Å². The minimum atomic E-state index is 0. The first-order valence-corrected chi connectivity index (χ1v) is 26.6. The molecule has 346 valence electrons. The van der Waals surface area contributed by atoms with E-state index in [1.165, 1.54) is 182 Å². The van der Waals surface area contributed by atoms with Gasteiger partial charge in [-0.2, -0.15) is 64.1 Å². The molecule has 0 bridgehead atoms. The van der Waals surface area contributed by atoms with E-state index in [9.17, 15) is 0 Å². The molecule has 20 atom stereocenters. The van der Waals surface area contributed by atoms with Gasteiger partial charge in [0.15, 0.2) is 18.1 Å². The first-order chi connectivity index (χ1) is 29.0. The quantitative estimate of drug-likeness (QED) is 0.0949. The Morgan fingerprint density at radius 1 is 0.541 bits per heavy atom. The van der Waals surface area contributed by atoms with Crippen LogP contribution in [0.25, 0.3) is 0 Å². The van der Waals surface area contributed by atoms with Gasteiger partial charge in [-0.3, -0.25) is 0 Å². The minimum Gasteiger partial charge on any atom is -0.198 e. The molecule has 20 unspecified atom stereocenters. The lowest BCUT2D eigenvalue weighted by Gasteiger charge is -2.36. The normalized spacial score (nSPS) is 49.7. The monoisotopic (exact) mass is 860 g/mol. The van der Waals surface area contributed by atoms with Crippen LogP contribution in [-0.4, -0.2) is 173 Å². The van der Waals surface area contributed by atoms with Crippen LogP contribution in [0.15, 0.2) is 0 Å². The summed E-state index contributed by atoms with van der Waals surface area (Å²) in [6.45, 7) is 47.0. The van der Waals surface area contributed by atoms with Crippen molar-refractivity contribution in [2.75, 3.05) is 137 Å². The molecule has 0 aliphatic carbocycles. The predicted molar refractivity (Wildman–Crippen MR) is 235 cm³/mol. The van der Waals surface area contributed by atoms with Gasteiger partial charge in [0.1, 0.15) is 137 Å². The second-order valence-corrected chi connectivity index (χ2v) is 24.4. The molecule has 0 saturated carbocycles. The lowest BCUT2D eigenvalue weighted by atomic mass is 9.70. The molecule has 12 fully saturated rings. The molecule has 0 aromatic rings. The van der Waals surface area contributed by atoms with Gasteiger partial charge in [-0.25, -0.2) is 0 Å². The summed E-state index contributed by atoms with van der Waals surface area (Å²) in [5.74, 6) is 2.43. The molecule has 12 N–H and O–H groups in total. The molecular formula is C48H101N13+12. The van der Waals surface area contributed by atoms with Crippen LogP contribution in [0.4, 0.5) is 0 Å². The Balaban J connectivity index is 0.000000123. The molecular weight excluding hydrogens is 759 g/mol. The molecule has 3 spiro atoms. The van der Waals surface area contributed by atoms with Gasteiger partial charge < -0.3 is 0 Å². The average Bonchev–Trinajstić information content (AvgIpc) is 4.03. The fourth-order valence-electron chi connectivity index (χ4n) is 19.2. The molecule has 12 heterocycles. The highest BCUT2D eigenvalue weighted by atomic mass is 15.8. The number of hydrogen-bond donors (Lipinski definition) is 12. The van der Waals surface area contributed by atoms with Gasteiger partial charge in [-0.15, -0.1) is 0 Å². The Kier molecular flexibility index (Phi) is 12.6. The minimum absolute atomic E-state index is 0. The largest absolute Gasteiger partial charge is 0.475 e. The highest BCUT2D eigenvalue weighted by molar-refractivity contribution is 4.84. The van der Waals surface area contributed by atoms with Crippen molar-refractivity contribution in [2.45, 2.75) is 150 Å². The first kappa shape index (κ1) is 45.2. The van der Waals surface area contributed by atoms with Crippen molar-refractivity contribution in [1.29, 1.82) is 5.26 Å². The van der Waals surface area contributed by atoms with E-state index in [1.54, 1.807) is 0 Å². The molecule has 0 amide bonds. The van der Waals surface area contributed by atoms with Crippen LogP contribution in [0.2, 0.25) is 0 Å². The third-order valence-corrected chi connectivity index (χ3v) is 21.0. The molecule has 0 aromatic carbocycles. The second-order valence-electron chi connectivity index (χ2n) is 24.4. The van der Waals surface area contributed by atoms with Crippen LogP contribution in [-0.2, 0) is 0 Å². The molecule has 0 aromatic heterocycles. The summed E-state index contributed by atoms with van der Waals surface area (Å²) >= 11 is 0. The topological polar surface area (TPSA) is 77.1 Å². The zero-order chi connectivity index (χ0) is 41.7. The second kappa shape index (κ2) is 17.0. The van der Waals surface area contributed by atoms with Crippen LogP contribution in [0, 0.1) is 28.1 Å². The van der Waals surface area contributed by atoms with Gasteiger partial charge in [0.2, 0.25) is 0 Å². The lowest BCUT2D eigenvalue weighted by Crippen LogP contribution is -3.59. The summed E-state index contributed by atoms with van der Waals surface area (Å²) in [5, 5.41) is 8.81. The van der Waals surface area contributed by atoms with Gasteiger partial charge in [0, 0.05) is 25.7 Å². The Hall–Kier alpha value is -0.990. The number of rotatable bonds is 12.